The summed E-state index contributed by atoms with van der Waals surface area (Å²) in [6.07, 6.45) is 15.2. The number of nitrogens with zero attached hydrogens (tertiary/aromatic N) is 2. The van der Waals surface area contributed by atoms with Crippen LogP contribution in [0.25, 0.3) is 0 Å². The Morgan fingerprint density at radius 1 is 0.614 bits per heavy atom. The molecule has 9 nitrogen and oxygen atoms in total. The van der Waals surface area contributed by atoms with E-state index in [2.05, 4.69) is 41.5 Å². The van der Waals surface area contributed by atoms with Gasteiger partial charge in [0.15, 0.2) is 0 Å². The summed E-state index contributed by atoms with van der Waals surface area (Å²) in [6, 6.07) is 0. The van der Waals surface area contributed by atoms with Crippen LogP contribution in [0.4, 0.5) is 0 Å². The quantitative estimate of drug-likeness (QED) is 0.146. The topological polar surface area (TPSA) is 160 Å². The molecular weight excluding hydrogens is 717 g/mol. The highest BCUT2D eigenvalue weighted by atomic mass is 16.4. The molecule has 0 aromatic rings. The lowest BCUT2D eigenvalue weighted by molar-refractivity contribution is -0.150. The van der Waals surface area contributed by atoms with Crippen molar-refractivity contribution in [2.24, 2.45) is 103 Å². The summed E-state index contributed by atoms with van der Waals surface area (Å²) in [7, 11) is 0. The van der Waals surface area contributed by atoms with Crippen molar-refractivity contribution in [3.8, 4) is 0 Å². The normalized spacial score (nSPS) is 51.5. The number of carbonyl (C=O) groups is 2. The standard InChI is InChI=1S/C48H76N2O7/c1-26(7-15-42(54)55)33-11-13-35-32-10-9-28-21-30(51)17-19-45(28,3)37(32)24-40(47(33,35)5)49-50-41-25-38-44(39(53)23-29-22-31(52)18-20-46(29,38)4)36-14-12-34(48(36,41)6)27(2)8-16-43(56)57/h26-39,44,51-53H,7-25H2,1-6H3,(H,54,55)(H,56,57)/b49-40+,50-41+/t26-,27-,28-,29+,30-,31-,32+,33-,34-,35+,36+,37+,38+,39-,44+,45+,46+,47-,48-/m1/s1. The van der Waals surface area contributed by atoms with Crippen molar-refractivity contribution >= 4 is 23.4 Å². The first-order valence-corrected chi connectivity index (χ1v) is 23.5. The van der Waals surface area contributed by atoms with Crippen LogP contribution >= 0.6 is 0 Å². The summed E-state index contributed by atoms with van der Waals surface area (Å²) in [4.78, 5) is 23.6. The monoisotopic (exact) mass is 793 g/mol. The van der Waals surface area contributed by atoms with Crippen molar-refractivity contribution in [3.05, 3.63) is 0 Å². The van der Waals surface area contributed by atoms with Crippen molar-refractivity contribution in [3.63, 3.8) is 0 Å². The van der Waals surface area contributed by atoms with E-state index in [1.165, 1.54) is 18.6 Å². The zero-order valence-corrected chi connectivity index (χ0v) is 36.0. The maximum atomic E-state index is 12.1. The molecule has 0 saturated heterocycles. The van der Waals surface area contributed by atoms with E-state index >= 15 is 0 Å². The molecule has 9 heteroatoms. The van der Waals surface area contributed by atoms with E-state index in [1.807, 2.05) is 0 Å². The Bertz CT molecular complexity index is 1610. The molecule has 8 aliphatic carbocycles. The molecule has 19 atom stereocenters. The van der Waals surface area contributed by atoms with E-state index in [1.54, 1.807) is 0 Å². The Hall–Kier alpha value is -1.84. The Morgan fingerprint density at radius 3 is 1.67 bits per heavy atom. The number of hydrogen-bond donors (Lipinski definition) is 5. The molecule has 0 heterocycles. The summed E-state index contributed by atoms with van der Waals surface area (Å²) >= 11 is 0. The number of aliphatic hydroxyl groups is 3. The summed E-state index contributed by atoms with van der Waals surface area (Å²) in [5, 5.41) is 64.3. The number of aliphatic carboxylic acids is 2. The minimum atomic E-state index is -0.750. The highest BCUT2D eigenvalue weighted by molar-refractivity contribution is 5.95. The van der Waals surface area contributed by atoms with Crippen LogP contribution < -0.4 is 0 Å². The zero-order chi connectivity index (χ0) is 40.8. The predicted molar refractivity (Wildman–Crippen MR) is 222 cm³/mol. The van der Waals surface area contributed by atoms with Crippen LogP contribution in [0.1, 0.15) is 164 Å². The largest absolute Gasteiger partial charge is 0.481 e. The third-order valence-corrected chi connectivity index (χ3v) is 20.5. The van der Waals surface area contributed by atoms with Gasteiger partial charge in [-0.15, -0.1) is 0 Å². The number of hydrogen-bond acceptors (Lipinski definition) is 7. The van der Waals surface area contributed by atoms with Gasteiger partial charge in [0.2, 0.25) is 0 Å². The lowest BCUT2D eigenvalue weighted by Crippen LogP contribution is -2.61. The molecule has 0 radical (unpaired) electrons. The molecule has 0 aliphatic heterocycles. The molecule has 8 rings (SSSR count). The van der Waals surface area contributed by atoms with E-state index in [9.17, 15) is 35.1 Å². The van der Waals surface area contributed by atoms with E-state index in [4.69, 9.17) is 10.2 Å². The van der Waals surface area contributed by atoms with Crippen LogP contribution in [-0.2, 0) is 9.59 Å². The Labute approximate surface area is 342 Å². The molecule has 5 N–H and O–H groups in total. The number of fused-ring (bicyclic) bond motifs is 10. The highest BCUT2D eigenvalue weighted by Crippen LogP contribution is 2.70. The SMILES string of the molecule is C[C@H](CCC(=O)O)[C@H]1CC[C@H]2[C@@H]3CC[C@@H]4C[C@H](O)CC[C@]4(C)[C@H]3C/C(=N\N=C3/C[C@H]4[C@@H]([C@H](O)C[C@@H]5C[C@H](O)CC[C@@]54C)[C@@H]4CC[C@H]([C@H](C)CCC(=O)O)[C@@]34C)[C@]12C. The van der Waals surface area contributed by atoms with Gasteiger partial charge in [-0.05, 0) is 191 Å². The zero-order valence-electron chi connectivity index (χ0n) is 36.0. The second-order valence-electron chi connectivity index (χ2n) is 22.6. The smallest absolute Gasteiger partial charge is 0.303 e. The van der Waals surface area contributed by atoms with Crippen molar-refractivity contribution < 1.29 is 35.1 Å². The second-order valence-corrected chi connectivity index (χ2v) is 22.6. The summed E-state index contributed by atoms with van der Waals surface area (Å²) in [6.45, 7) is 14.4. The molecule has 0 aromatic heterocycles. The highest BCUT2D eigenvalue weighted by Gasteiger charge is 2.66. The van der Waals surface area contributed by atoms with Gasteiger partial charge in [-0.2, -0.15) is 10.2 Å². The first-order valence-electron chi connectivity index (χ1n) is 23.5. The minimum Gasteiger partial charge on any atom is -0.481 e. The van der Waals surface area contributed by atoms with Crippen LogP contribution in [0.3, 0.4) is 0 Å². The van der Waals surface area contributed by atoms with E-state index in [0.29, 0.717) is 42.4 Å². The van der Waals surface area contributed by atoms with Crippen LogP contribution in [0.5, 0.6) is 0 Å². The Morgan fingerprint density at radius 2 is 1.11 bits per heavy atom. The summed E-state index contributed by atoms with van der Waals surface area (Å²) in [5.41, 5.74) is 2.08. The van der Waals surface area contributed by atoms with Crippen LogP contribution in [0.2, 0.25) is 0 Å². The molecule has 8 saturated carbocycles. The van der Waals surface area contributed by atoms with Gasteiger partial charge in [-0.3, -0.25) is 9.59 Å². The van der Waals surface area contributed by atoms with Gasteiger partial charge >= 0.3 is 11.9 Å². The Kier molecular flexibility index (Phi) is 11.2. The first kappa shape index (κ1) is 41.9. The minimum absolute atomic E-state index is 0.00782. The molecule has 0 aromatic carbocycles. The second kappa shape index (κ2) is 15.3. The number of aliphatic hydroxyl groups excluding tert-OH is 3. The fraction of sp³-hybridized carbons (Fsp3) is 0.917. The average molecular weight is 793 g/mol. The third-order valence-electron chi connectivity index (χ3n) is 20.5. The van der Waals surface area contributed by atoms with Gasteiger partial charge in [0, 0.05) is 35.1 Å². The van der Waals surface area contributed by atoms with Crippen molar-refractivity contribution in [2.45, 2.75) is 182 Å². The van der Waals surface area contributed by atoms with Gasteiger partial charge in [0.1, 0.15) is 0 Å². The van der Waals surface area contributed by atoms with Crippen LogP contribution in [-0.4, -0.2) is 67.2 Å². The van der Waals surface area contributed by atoms with Crippen LogP contribution in [0, 0.1) is 92.7 Å². The maximum Gasteiger partial charge on any atom is 0.303 e. The van der Waals surface area contributed by atoms with E-state index in [0.717, 1.165) is 89.2 Å². The van der Waals surface area contributed by atoms with Gasteiger partial charge in [-0.25, -0.2) is 0 Å². The predicted octanol–water partition coefficient (Wildman–Crippen LogP) is 9.02. The first-order chi connectivity index (χ1) is 26.9. The average Bonchev–Trinajstić information content (AvgIpc) is 3.71. The molecule has 0 spiro atoms. The van der Waals surface area contributed by atoms with E-state index < -0.39 is 18.0 Å². The molecule has 0 amide bonds. The van der Waals surface area contributed by atoms with Gasteiger partial charge in [-0.1, -0.05) is 41.5 Å². The molecule has 0 bridgehead atoms. The van der Waals surface area contributed by atoms with Crippen molar-refractivity contribution in [2.75, 3.05) is 0 Å². The lowest BCUT2D eigenvalue weighted by atomic mass is 9.43. The fourth-order valence-electron chi connectivity index (χ4n) is 17.3. The number of rotatable bonds is 9. The van der Waals surface area contributed by atoms with E-state index in [-0.39, 0.29) is 88.1 Å². The van der Waals surface area contributed by atoms with Gasteiger partial charge in [0.25, 0.3) is 0 Å². The number of carboxylic acids is 2. The molecule has 0 unspecified atom stereocenters. The molecule has 8 fully saturated rings. The van der Waals surface area contributed by atoms with Gasteiger partial charge < -0.3 is 25.5 Å². The fourth-order valence-corrected chi connectivity index (χ4v) is 17.3. The molecular formula is C48H76N2O7. The molecule has 320 valence electrons. The molecule has 8 aliphatic rings. The Balaban J connectivity index is 1.23. The van der Waals surface area contributed by atoms with Gasteiger partial charge in [0.05, 0.1) is 18.3 Å². The summed E-state index contributed by atoms with van der Waals surface area (Å²) < 4.78 is 0. The lowest BCUT2D eigenvalue weighted by Gasteiger charge is -2.62. The van der Waals surface area contributed by atoms with Crippen molar-refractivity contribution in [1.82, 2.24) is 0 Å². The third kappa shape index (κ3) is 6.71. The number of carboxylic acid groups (broad SMARTS) is 2. The van der Waals surface area contributed by atoms with Crippen molar-refractivity contribution in [1.29, 1.82) is 0 Å². The summed E-state index contributed by atoms with van der Waals surface area (Å²) in [5.74, 6) is 2.61. The van der Waals surface area contributed by atoms with Crippen LogP contribution in [0.15, 0.2) is 10.2 Å². The molecule has 57 heavy (non-hydrogen) atoms. The maximum absolute atomic E-state index is 12.1.